The number of benzene rings is 1. The summed E-state index contributed by atoms with van der Waals surface area (Å²) in [6.45, 7) is 1.77. The van der Waals surface area contributed by atoms with Crippen molar-refractivity contribution < 1.29 is 9.18 Å². The molecule has 0 fully saturated rings. The van der Waals surface area contributed by atoms with E-state index >= 15 is 0 Å². The zero-order chi connectivity index (χ0) is 13.3. The van der Waals surface area contributed by atoms with Gasteiger partial charge in [-0.05, 0) is 25.1 Å². The first-order valence-corrected chi connectivity index (χ1v) is 5.34. The van der Waals surface area contributed by atoms with Crippen LogP contribution in [0, 0.1) is 12.7 Å². The fourth-order valence-electron chi connectivity index (χ4n) is 1.55. The number of nitrogens with zero attached hydrogens (tertiary/aromatic N) is 2. The summed E-state index contributed by atoms with van der Waals surface area (Å²) in [5, 5.41) is 6.53. The third kappa shape index (κ3) is 2.17. The zero-order valence-corrected chi connectivity index (χ0v) is 10.1. The number of amides is 1. The molecule has 94 valence electrons. The van der Waals surface area contributed by atoms with E-state index in [2.05, 4.69) is 10.4 Å². The molecule has 5 nitrogen and oxygen atoms in total. The van der Waals surface area contributed by atoms with Crippen molar-refractivity contribution in [2.24, 2.45) is 7.05 Å². The van der Waals surface area contributed by atoms with Crippen LogP contribution >= 0.6 is 0 Å². The molecule has 0 aliphatic heterocycles. The maximum absolute atomic E-state index is 13.1. The van der Waals surface area contributed by atoms with Gasteiger partial charge in [0.25, 0.3) is 5.91 Å². The van der Waals surface area contributed by atoms with E-state index in [1.54, 1.807) is 18.7 Å². The van der Waals surface area contributed by atoms with Gasteiger partial charge in [-0.2, -0.15) is 5.10 Å². The number of carbonyl (C=O) groups is 1. The molecule has 0 aliphatic rings. The number of hydrogen-bond acceptors (Lipinski definition) is 3. The largest absolute Gasteiger partial charge is 0.397 e. The third-order valence-electron chi connectivity index (χ3n) is 2.74. The van der Waals surface area contributed by atoms with E-state index in [9.17, 15) is 9.18 Å². The number of carbonyl (C=O) groups excluding carboxylic acids is 1. The fourth-order valence-corrected chi connectivity index (χ4v) is 1.55. The number of rotatable bonds is 2. The minimum absolute atomic E-state index is 0.253. The number of halogens is 1. The molecule has 0 radical (unpaired) electrons. The van der Waals surface area contributed by atoms with Gasteiger partial charge < -0.3 is 11.1 Å². The monoisotopic (exact) mass is 248 g/mol. The second-order valence-corrected chi connectivity index (χ2v) is 3.95. The molecule has 0 aliphatic carbocycles. The number of nitrogens with one attached hydrogen (secondary N) is 1. The average Bonchev–Trinajstić information content (AvgIpc) is 2.65. The molecular formula is C12H13FN4O. The van der Waals surface area contributed by atoms with Crippen LogP contribution in [-0.4, -0.2) is 15.7 Å². The van der Waals surface area contributed by atoms with Gasteiger partial charge >= 0.3 is 0 Å². The molecule has 18 heavy (non-hydrogen) atoms. The molecule has 0 saturated carbocycles. The summed E-state index contributed by atoms with van der Waals surface area (Å²) in [7, 11) is 1.74. The number of hydrogen-bond donors (Lipinski definition) is 2. The second kappa shape index (κ2) is 4.48. The van der Waals surface area contributed by atoms with Crippen molar-refractivity contribution in [3.63, 3.8) is 0 Å². The molecular weight excluding hydrogens is 235 g/mol. The normalized spacial score (nSPS) is 10.4. The quantitative estimate of drug-likeness (QED) is 0.794. The molecule has 1 heterocycles. The summed E-state index contributed by atoms with van der Waals surface area (Å²) in [4.78, 5) is 12.0. The first kappa shape index (κ1) is 12.1. The highest BCUT2D eigenvalue weighted by molar-refractivity contribution is 6.06. The fraction of sp³-hybridized carbons (Fsp3) is 0.167. The van der Waals surface area contributed by atoms with Crippen molar-refractivity contribution in [2.75, 3.05) is 11.1 Å². The SMILES string of the molecule is Cc1c(C(=O)Nc2cc(F)ccc2N)cnn1C. The number of nitrogen functional groups attached to an aromatic ring is 1. The van der Waals surface area contributed by atoms with Crippen molar-refractivity contribution >= 4 is 17.3 Å². The van der Waals surface area contributed by atoms with E-state index < -0.39 is 5.82 Å². The van der Waals surface area contributed by atoms with Crippen LogP contribution in [0.25, 0.3) is 0 Å². The van der Waals surface area contributed by atoms with E-state index in [0.29, 0.717) is 11.3 Å². The molecule has 0 spiro atoms. The van der Waals surface area contributed by atoms with E-state index in [4.69, 9.17) is 5.73 Å². The number of aromatic nitrogens is 2. The van der Waals surface area contributed by atoms with E-state index in [-0.39, 0.29) is 11.6 Å². The van der Waals surface area contributed by atoms with Gasteiger partial charge in [-0.25, -0.2) is 4.39 Å². The van der Waals surface area contributed by atoms with E-state index in [1.165, 1.54) is 24.4 Å². The van der Waals surface area contributed by atoms with Crippen LogP contribution in [0.4, 0.5) is 15.8 Å². The minimum Gasteiger partial charge on any atom is -0.397 e. The highest BCUT2D eigenvalue weighted by Crippen LogP contribution is 2.20. The number of aryl methyl sites for hydroxylation is 1. The summed E-state index contributed by atoms with van der Waals surface area (Å²) < 4.78 is 14.6. The Morgan fingerprint density at radius 1 is 1.50 bits per heavy atom. The average molecular weight is 248 g/mol. The smallest absolute Gasteiger partial charge is 0.259 e. The number of anilines is 2. The third-order valence-corrected chi connectivity index (χ3v) is 2.74. The Bertz CT molecular complexity index is 606. The summed E-state index contributed by atoms with van der Waals surface area (Å²) in [6.07, 6.45) is 1.46. The summed E-state index contributed by atoms with van der Waals surface area (Å²) >= 11 is 0. The van der Waals surface area contributed by atoms with Gasteiger partial charge in [0.15, 0.2) is 0 Å². The topological polar surface area (TPSA) is 72.9 Å². The van der Waals surface area contributed by atoms with Gasteiger partial charge in [0.2, 0.25) is 0 Å². The second-order valence-electron chi connectivity index (χ2n) is 3.95. The lowest BCUT2D eigenvalue weighted by Gasteiger charge is -2.07. The highest BCUT2D eigenvalue weighted by Gasteiger charge is 2.14. The molecule has 6 heteroatoms. The highest BCUT2D eigenvalue weighted by atomic mass is 19.1. The van der Waals surface area contributed by atoms with Crippen molar-refractivity contribution in [3.05, 3.63) is 41.5 Å². The Morgan fingerprint density at radius 3 is 2.83 bits per heavy atom. The Balaban J connectivity index is 2.27. The van der Waals surface area contributed by atoms with Crippen LogP contribution in [0.3, 0.4) is 0 Å². The molecule has 1 aromatic heterocycles. The molecule has 2 rings (SSSR count). The molecule has 1 aromatic carbocycles. The van der Waals surface area contributed by atoms with Gasteiger partial charge in [-0.1, -0.05) is 0 Å². The van der Waals surface area contributed by atoms with E-state index in [0.717, 1.165) is 5.69 Å². The molecule has 3 N–H and O–H groups in total. The van der Waals surface area contributed by atoms with Crippen molar-refractivity contribution in [2.45, 2.75) is 6.92 Å². The van der Waals surface area contributed by atoms with Crippen LogP contribution in [0.2, 0.25) is 0 Å². The van der Waals surface area contributed by atoms with Crippen molar-refractivity contribution in [1.29, 1.82) is 0 Å². The zero-order valence-electron chi connectivity index (χ0n) is 10.1. The summed E-state index contributed by atoms with van der Waals surface area (Å²) in [5.41, 5.74) is 7.38. The first-order chi connectivity index (χ1) is 8.49. The Hall–Kier alpha value is -2.37. The summed E-state index contributed by atoms with van der Waals surface area (Å²) in [6, 6.07) is 3.82. The molecule has 0 bridgehead atoms. The molecule has 0 atom stereocenters. The van der Waals surface area contributed by atoms with Gasteiger partial charge in [0.05, 0.1) is 23.1 Å². The lowest BCUT2D eigenvalue weighted by atomic mass is 10.2. The Kier molecular flexibility index (Phi) is 3.01. The molecule has 2 aromatic rings. The maximum Gasteiger partial charge on any atom is 0.259 e. The van der Waals surface area contributed by atoms with Crippen molar-refractivity contribution in [1.82, 2.24) is 9.78 Å². The Labute approximate surface area is 103 Å². The van der Waals surface area contributed by atoms with Gasteiger partial charge in [-0.15, -0.1) is 0 Å². The lowest BCUT2D eigenvalue weighted by Crippen LogP contribution is -2.14. The summed E-state index contributed by atoms with van der Waals surface area (Å²) in [5.74, 6) is -0.819. The van der Waals surface area contributed by atoms with Crippen LogP contribution in [0.5, 0.6) is 0 Å². The van der Waals surface area contributed by atoms with Gasteiger partial charge in [0.1, 0.15) is 5.82 Å². The molecule has 0 unspecified atom stereocenters. The van der Waals surface area contributed by atoms with Crippen LogP contribution in [-0.2, 0) is 7.05 Å². The van der Waals surface area contributed by atoms with Crippen LogP contribution < -0.4 is 11.1 Å². The predicted octanol–water partition coefficient (Wildman–Crippen LogP) is 1.70. The van der Waals surface area contributed by atoms with Gasteiger partial charge in [-0.3, -0.25) is 9.48 Å². The maximum atomic E-state index is 13.1. The standard InChI is InChI=1S/C12H13FN4O/c1-7-9(6-15-17(7)2)12(18)16-11-5-8(13)3-4-10(11)14/h3-6H,14H2,1-2H3,(H,16,18). The molecule has 0 saturated heterocycles. The minimum atomic E-state index is -0.456. The van der Waals surface area contributed by atoms with Gasteiger partial charge in [0, 0.05) is 12.7 Å². The van der Waals surface area contributed by atoms with Crippen LogP contribution in [0.15, 0.2) is 24.4 Å². The lowest BCUT2D eigenvalue weighted by molar-refractivity contribution is 0.102. The van der Waals surface area contributed by atoms with Crippen molar-refractivity contribution in [3.8, 4) is 0 Å². The first-order valence-electron chi connectivity index (χ1n) is 5.34. The Morgan fingerprint density at radius 2 is 2.22 bits per heavy atom. The van der Waals surface area contributed by atoms with E-state index in [1.807, 2.05) is 0 Å². The van der Waals surface area contributed by atoms with Crippen LogP contribution in [0.1, 0.15) is 16.1 Å². The molecule has 1 amide bonds. The number of nitrogens with two attached hydrogens (primary N) is 1. The predicted molar refractivity (Wildman–Crippen MR) is 66.7 cm³/mol.